The quantitative estimate of drug-likeness (QED) is 0.152. The Morgan fingerprint density at radius 2 is 1.22 bits per heavy atom. The van der Waals surface area contributed by atoms with Gasteiger partial charge in [0.15, 0.2) is 0 Å². The van der Waals surface area contributed by atoms with E-state index < -0.39 is 0 Å². The Labute approximate surface area is 338 Å². The molecule has 0 saturated heterocycles. The van der Waals surface area contributed by atoms with Gasteiger partial charge in [-0.15, -0.1) is 0 Å². The van der Waals surface area contributed by atoms with Crippen molar-refractivity contribution in [2.45, 2.75) is 19.3 Å². The zero-order valence-electron chi connectivity index (χ0n) is 32.5. The van der Waals surface area contributed by atoms with Gasteiger partial charge in [-0.1, -0.05) is 148 Å². The van der Waals surface area contributed by atoms with E-state index in [9.17, 15) is 0 Å². The van der Waals surface area contributed by atoms with Crippen molar-refractivity contribution in [2.75, 3.05) is 4.90 Å². The lowest BCUT2D eigenvalue weighted by Gasteiger charge is -2.30. The lowest BCUT2D eigenvalue weighted by Crippen LogP contribution is -2.17. The fourth-order valence-electron chi connectivity index (χ4n) is 9.41. The number of furan rings is 1. The van der Waals surface area contributed by atoms with Gasteiger partial charge in [-0.2, -0.15) is 0 Å². The van der Waals surface area contributed by atoms with E-state index in [0.717, 1.165) is 56.0 Å². The highest BCUT2D eigenvalue weighted by Gasteiger charge is 2.36. The third-order valence-corrected chi connectivity index (χ3v) is 12.1. The molecule has 0 bridgehead atoms. The first-order valence-corrected chi connectivity index (χ1v) is 20.0. The van der Waals surface area contributed by atoms with Gasteiger partial charge < -0.3 is 13.9 Å². The highest BCUT2D eigenvalue weighted by molar-refractivity contribution is 6.09. The van der Waals surface area contributed by atoms with Crippen LogP contribution in [0.25, 0.3) is 65.9 Å². The van der Waals surface area contributed by atoms with Crippen LogP contribution in [0.5, 0.6) is 0 Å². The fourth-order valence-corrected chi connectivity index (χ4v) is 9.41. The Morgan fingerprint density at radius 1 is 0.569 bits per heavy atom. The second kappa shape index (κ2) is 13.1. The van der Waals surface area contributed by atoms with Gasteiger partial charge >= 0.3 is 0 Å². The van der Waals surface area contributed by atoms with Crippen molar-refractivity contribution in [1.29, 1.82) is 0 Å². The lowest BCUT2D eigenvalue weighted by atomic mass is 9.82. The summed E-state index contributed by atoms with van der Waals surface area (Å²) in [5.74, 6) is 0.794. The molecule has 0 atom stereocenters. The van der Waals surface area contributed by atoms with E-state index in [-0.39, 0.29) is 5.41 Å². The highest BCUT2D eigenvalue weighted by atomic mass is 16.3. The Hall–Kier alpha value is -7.36. The topological polar surface area (TPSA) is 21.3 Å². The second-order valence-electron chi connectivity index (χ2n) is 15.8. The van der Waals surface area contributed by atoms with Crippen LogP contribution in [-0.2, 0) is 5.41 Å². The van der Waals surface area contributed by atoms with Crippen molar-refractivity contribution in [2.24, 2.45) is 0 Å². The number of aromatic nitrogens is 1. The molecule has 1 aliphatic rings. The molecule has 11 rings (SSSR count). The van der Waals surface area contributed by atoms with E-state index >= 15 is 0 Å². The number of hydrogen-bond donors (Lipinski definition) is 0. The van der Waals surface area contributed by atoms with E-state index in [0.29, 0.717) is 0 Å². The summed E-state index contributed by atoms with van der Waals surface area (Å²) >= 11 is 0. The molecule has 2 heterocycles. The smallest absolute Gasteiger partial charge is 0.136 e. The number of benzene rings is 8. The fraction of sp³-hybridized carbons (Fsp3) is 0.0545. The van der Waals surface area contributed by atoms with Crippen molar-refractivity contribution in [1.82, 2.24) is 4.57 Å². The molecule has 1 aliphatic carbocycles. The van der Waals surface area contributed by atoms with E-state index in [2.05, 4.69) is 218 Å². The van der Waals surface area contributed by atoms with Crippen LogP contribution in [0, 0.1) is 0 Å². The SMILES string of the molecule is C=C/C=C(\c1cc2cc3ccccc3cc2o1)c1ccccc1N(c1cccc(-n2c3ccccc3c3ccccc32)c1)c1ccc2c(c1)C(C)(C)c1ccccc1-2. The summed E-state index contributed by atoms with van der Waals surface area (Å²) in [5.41, 5.74) is 14.6. The van der Waals surface area contributed by atoms with Crippen LogP contribution in [-0.4, -0.2) is 4.57 Å². The van der Waals surface area contributed by atoms with Gasteiger partial charge in [0.05, 0.1) is 16.7 Å². The van der Waals surface area contributed by atoms with Crippen LogP contribution in [0.4, 0.5) is 17.1 Å². The van der Waals surface area contributed by atoms with Crippen molar-refractivity contribution >= 4 is 66.2 Å². The molecule has 58 heavy (non-hydrogen) atoms. The van der Waals surface area contributed by atoms with Crippen LogP contribution in [0.3, 0.4) is 0 Å². The Bertz CT molecular complexity index is 3190. The molecule has 2 aromatic heterocycles. The van der Waals surface area contributed by atoms with Crippen molar-refractivity contribution in [3.05, 3.63) is 223 Å². The Morgan fingerprint density at radius 3 is 2.02 bits per heavy atom. The van der Waals surface area contributed by atoms with Crippen molar-refractivity contribution in [3.63, 3.8) is 0 Å². The van der Waals surface area contributed by atoms with Crippen molar-refractivity contribution in [3.8, 4) is 16.8 Å². The molecule has 0 aliphatic heterocycles. The number of para-hydroxylation sites is 3. The van der Waals surface area contributed by atoms with Gasteiger partial charge in [0.2, 0.25) is 0 Å². The normalized spacial score (nSPS) is 13.3. The zero-order chi connectivity index (χ0) is 39.0. The van der Waals surface area contributed by atoms with Crippen molar-refractivity contribution < 1.29 is 4.42 Å². The van der Waals surface area contributed by atoms with Gasteiger partial charge in [-0.25, -0.2) is 0 Å². The van der Waals surface area contributed by atoms with E-state index in [1.807, 2.05) is 6.08 Å². The first kappa shape index (κ1) is 33.9. The Kier molecular flexibility index (Phi) is 7.67. The van der Waals surface area contributed by atoms with Crippen LogP contribution in [0.15, 0.2) is 205 Å². The molecule has 0 saturated carbocycles. The third kappa shape index (κ3) is 5.20. The minimum atomic E-state index is -0.163. The first-order valence-electron chi connectivity index (χ1n) is 20.0. The van der Waals surface area contributed by atoms with Gasteiger partial charge in [-0.3, -0.25) is 0 Å². The number of rotatable bonds is 7. The number of fused-ring (bicyclic) bond motifs is 8. The summed E-state index contributed by atoms with van der Waals surface area (Å²) < 4.78 is 9.12. The standard InChI is InChI=1S/C55H40N2O/c1-4-16-47(54-33-38-31-36-17-5-6-18-37(36)32-53(38)58-54)46-24-10-12-26-50(46)56(41-29-30-43-42-21-7-11-25-48(42)55(2,3)49(43)35-41)39-19-15-20-40(34-39)57-51-27-13-8-22-44(51)45-23-9-14-28-52(45)57/h4-35H,1H2,2-3H3/b47-16-. The average Bonchev–Trinajstić information content (AvgIpc) is 3.90. The largest absolute Gasteiger partial charge is 0.456 e. The molecule has 8 aromatic carbocycles. The van der Waals surface area contributed by atoms with Gasteiger partial charge in [-0.05, 0) is 99.8 Å². The maximum atomic E-state index is 6.73. The first-order chi connectivity index (χ1) is 28.5. The molecule has 0 amide bonds. The maximum absolute atomic E-state index is 6.73. The summed E-state index contributed by atoms with van der Waals surface area (Å²) in [7, 11) is 0. The molecular formula is C55H40N2O. The summed E-state index contributed by atoms with van der Waals surface area (Å²) in [4.78, 5) is 2.42. The number of anilines is 3. The molecule has 0 fully saturated rings. The molecule has 276 valence electrons. The molecule has 3 heteroatoms. The molecule has 0 spiro atoms. The molecular weight excluding hydrogens is 705 g/mol. The minimum Gasteiger partial charge on any atom is -0.456 e. The number of nitrogens with zero attached hydrogens (tertiary/aromatic N) is 2. The molecule has 10 aromatic rings. The molecule has 3 nitrogen and oxygen atoms in total. The maximum Gasteiger partial charge on any atom is 0.136 e. The predicted molar refractivity (Wildman–Crippen MR) is 244 cm³/mol. The second-order valence-corrected chi connectivity index (χ2v) is 15.8. The summed E-state index contributed by atoms with van der Waals surface area (Å²) in [6.45, 7) is 8.86. The molecule has 0 unspecified atom stereocenters. The predicted octanol–water partition coefficient (Wildman–Crippen LogP) is 15.1. The Balaban J connectivity index is 1.14. The molecule has 0 N–H and O–H groups in total. The average molecular weight is 745 g/mol. The van der Waals surface area contributed by atoms with Crippen LogP contribution in [0.2, 0.25) is 0 Å². The van der Waals surface area contributed by atoms with E-state index in [1.54, 1.807) is 0 Å². The summed E-state index contributed by atoms with van der Waals surface area (Å²) in [6, 6.07) is 65.8. The van der Waals surface area contributed by atoms with Crippen LogP contribution >= 0.6 is 0 Å². The third-order valence-electron chi connectivity index (χ3n) is 12.1. The van der Waals surface area contributed by atoms with E-state index in [4.69, 9.17) is 4.42 Å². The highest BCUT2D eigenvalue weighted by Crippen LogP contribution is 2.51. The lowest BCUT2D eigenvalue weighted by molar-refractivity contribution is 0.601. The number of allylic oxidation sites excluding steroid dienone is 2. The van der Waals surface area contributed by atoms with Gasteiger partial charge in [0.1, 0.15) is 11.3 Å². The van der Waals surface area contributed by atoms with Crippen LogP contribution in [0.1, 0.15) is 36.3 Å². The molecule has 0 radical (unpaired) electrons. The van der Waals surface area contributed by atoms with E-state index in [1.165, 1.54) is 49.4 Å². The summed E-state index contributed by atoms with van der Waals surface area (Å²) in [6.07, 6.45) is 3.93. The minimum absolute atomic E-state index is 0.163. The monoisotopic (exact) mass is 744 g/mol. The van der Waals surface area contributed by atoms with Crippen LogP contribution < -0.4 is 4.90 Å². The summed E-state index contributed by atoms with van der Waals surface area (Å²) in [5, 5.41) is 5.89. The van der Waals surface area contributed by atoms with Gasteiger partial charge in [0, 0.05) is 49.8 Å². The zero-order valence-corrected chi connectivity index (χ0v) is 32.5. The number of hydrogen-bond acceptors (Lipinski definition) is 2. The van der Waals surface area contributed by atoms with Gasteiger partial charge in [0.25, 0.3) is 0 Å².